The van der Waals surface area contributed by atoms with Crippen molar-refractivity contribution in [3.05, 3.63) is 41.6 Å². The van der Waals surface area contributed by atoms with Gasteiger partial charge in [-0.3, -0.25) is 9.69 Å². The van der Waals surface area contributed by atoms with Crippen LogP contribution >= 0.6 is 0 Å². The lowest BCUT2D eigenvalue weighted by Gasteiger charge is -2.34. The van der Waals surface area contributed by atoms with Crippen molar-refractivity contribution in [2.75, 3.05) is 24.4 Å². The van der Waals surface area contributed by atoms with Crippen molar-refractivity contribution >= 4 is 32.6 Å². The number of amides is 1. The number of hydrogen-bond acceptors (Lipinski definition) is 6. The lowest BCUT2D eigenvalue weighted by Crippen LogP contribution is -2.49. The molecular weight excluding hydrogens is 404 g/mol. The van der Waals surface area contributed by atoms with Crippen LogP contribution in [-0.4, -0.2) is 54.8 Å². The van der Waals surface area contributed by atoms with Gasteiger partial charge in [0.05, 0.1) is 40.8 Å². The molecule has 8 nitrogen and oxygen atoms in total. The molecule has 1 aliphatic rings. The lowest BCUT2D eigenvalue weighted by atomic mass is 10.1. The Kier molecular flexibility index (Phi) is 5.33. The highest BCUT2D eigenvalue weighted by Crippen LogP contribution is 2.28. The maximum absolute atomic E-state index is 12.6. The Bertz CT molecular complexity index is 1220. The number of H-pyrrole nitrogens is 1. The van der Waals surface area contributed by atoms with Crippen molar-refractivity contribution in [1.29, 1.82) is 0 Å². The predicted octanol–water partition coefficient (Wildman–Crippen LogP) is 2.62. The summed E-state index contributed by atoms with van der Waals surface area (Å²) in [5, 5.41) is 0. The smallest absolute Gasteiger partial charge is 0.254 e. The average molecular weight is 429 g/mol. The highest BCUT2D eigenvalue weighted by molar-refractivity contribution is 7.89. The van der Waals surface area contributed by atoms with Gasteiger partial charge in [0, 0.05) is 11.9 Å². The molecule has 1 N–H and O–H groups in total. The van der Waals surface area contributed by atoms with Crippen molar-refractivity contribution in [1.82, 2.24) is 15.0 Å². The van der Waals surface area contributed by atoms with E-state index in [1.807, 2.05) is 32.0 Å². The number of fused-ring (bicyclic) bond motifs is 1. The number of aryl methyl sites for hydroxylation is 1. The molecule has 3 aromatic heterocycles. The van der Waals surface area contributed by atoms with Gasteiger partial charge < -0.3 is 9.72 Å². The van der Waals surface area contributed by atoms with Gasteiger partial charge in [-0.1, -0.05) is 6.92 Å². The van der Waals surface area contributed by atoms with Crippen LogP contribution in [0.1, 0.15) is 24.6 Å². The Labute approximate surface area is 175 Å². The van der Waals surface area contributed by atoms with Crippen LogP contribution in [-0.2, 0) is 25.1 Å². The summed E-state index contributed by atoms with van der Waals surface area (Å²) in [6.07, 6.45) is 1.89. The van der Waals surface area contributed by atoms with E-state index in [0.29, 0.717) is 35.8 Å². The van der Waals surface area contributed by atoms with Crippen molar-refractivity contribution in [2.24, 2.45) is 0 Å². The number of hydrogen-bond donors (Lipinski definition) is 1. The second kappa shape index (κ2) is 7.81. The van der Waals surface area contributed by atoms with Gasteiger partial charge in [-0.25, -0.2) is 18.4 Å². The van der Waals surface area contributed by atoms with E-state index in [1.165, 1.54) is 6.26 Å². The molecule has 1 unspecified atom stereocenters. The largest absolute Gasteiger partial charge is 0.369 e. The fourth-order valence-electron chi connectivity index (χ4n) is 3.74. The third kappa shape index (κ3) is 4.22. The van der Waals surface area contributed by atoms with Crippen molar-refractivity contribution in [2.45, 2.75) is 32.1 Å². The van der Waals surface area contributed by atoms with E-state index in [0.717, 1.165) is 16.7 Å². The minimum absolute atomic E-state index is 0.0172. The number of nitrogens with one attached hydrogen (secondary N) is 1. The topological polar surface area (TPSA) is 105 Å². The number of morpholine rings is 1. The van der Waals surface area contributed by atoms with Gasteiger partial charge in [0.15, 0.2) is 9.84 Å². The van der Waals surface area contributed by atoms with Crippen LogP contribution < -0.4 is 4.90 Å². The van der Waals surface area contributed by atoms with Crippen LogP contribution in [0.5, 0.6) is 0 Å². The molecule has 158 valence electrons. The average Bonchev–Trinajstić information content (AvgIpc) is 3.05. The Morgan fingerprint density at radius 3 is 2.73 bits per heavy atom. The number of aromatic nitrogens is 3. The number of pyridine rings is 2. The molecule has 9 heteroatoms. The maximum atomic E-state index is 12.6. The SMILES string of the molecule is CCC1COCC(=O)N1c1cc(CS(C)(=O)=O)cc(-c2ccc3[nH]c(C)cc3n2)n1. The zero-order valence-electron chi connectivity index (χ0n) is 17.2. The highest BCUT2D eigenvalue weighted by atomic mass is 32.2. The second-order valence-electron chi connectivity index (χ2n) is 7.71. The van der Waals surface area contributed by atoms with E-state index >= 15 is 0 Å². The standard InChI is InChI=1S/C21H24N4O4S/c1-4-15-10-29-11-21(26)25(15)20-9-14(12-30(3,27)28)8-19(24-20)17-6-5-16-18(23-17)7-13(2)22-16/h5-9,15,22H,4,10-12H2,1-3H3. The van der Waals surface area contributed by atoms with Gasteiger partial charge in [-0.05, 0) is 49.2 Å². The summed E-state index contributed by atoms with van der Waals surface area (Å²) < 4.78 is 29.3. The molecule has 0 spiro atoms. The van der Waals surface area contributed by atoms with E-state index in [4.69, 9.17) is 9.72 Å². The molecule has 1 fully saturated rings. The summed E-state index contributed by atoms with van der Waals surface area (Å²) in [6.45, 7) is 4.34. The first-order chi connectivity index (χ1) is 14.2. The Balaban J connectivity index is 1.85. The molecule has 1 atom stereocenters. The number of sulfone groups is 1. The van der Waals surface area contributed by atoms with Gasteiger partial charge in [0.1, 0.15) is 12.4 Å². The molecule has 1 aliphatic heterocycles. The van der Waals surface area contributed by atoms with E-state index in [-0.39, 0.29) is 24.3 Å². The normalized spacial score (nSPS) is 17.6. The predicted molar refractivity (Wildman–Crippen MR) is 115 cm³/mol. The Morgan fingerprint density at radius 1 is 1.20 bits per heavy atom. The monoisotopic (exact) mass is 428 g/mol. The molecule has 0 saturated carbocycles. The van der Waals surface area contributed by atoms with Crippen LogP contribution in [0.3, 0.4) is 0 Å². The summed E-state index contributed by atoms with van der Waals surface area (Å²) in [5.74, 6) is 0.0993. The van der Waals surface area contributed by atoms with Crippen LogP contribution in [0.25, 0.3) is 22.4 Å². The maximum Gasteiger partial charge on any atom is 0.254 e. The number of ether oxygens (including phenoxy) is 1. The van der Waals surface area contributed by atoms with Gasteiger partial charge >= 0.3 is 0 Å². The zero-order chi connectivity index (χ0) is 21.5. The minimum atomic E-state index is -3.27. The van der Waals surface area contributed by atoms with Crippen LogP contribution in [0.4, 0.5) is 5.82 Å². The number of rotatable bonds is 5. The molecule has 3 aromatic rings. The molecule has 4 rings (SSSR count). The van der Waals surface area contributed by atoms with E-state index < -0.39 is 9.84 Å². The molecular formula is C21H24N4O4S. The summed E-state index contributed by atoms with van der Waals surface area (Å²) >= 11 is 0. The number of carbonyl (C=O) groups excluding carboxylic acids is 1. The molecule has 0 radical (unpaired) electrons. The van der Waals surface area contributed by atoms with E-state index in [1.54, 1.807) is 17.0 Å². The molecule has 1 saturated heterocycles. The molecule has 4 heterocycles. The van der Waals surface area contributed by atoms with Gasteiger partial charge in [0.25, 0.3) is 5.91 Å². The minimum Gasteiger partial charge on any atom is -0.369 e. The summed E-state index contributed by atoms with van der Waals surface area (Å²) in [5.41, 5.74) is 4.43. The van der Waals surface area contributed by atoms with Crippen LogP contribution in [0.2, 0.25) is 0 Å². The molecule has 1 amide bonds. The first-order valence-electron chi connectivity index (χ1n) is 9.79. The van der Waals surface area contributed by atoms with E-state index in [9.17, 15) is 13.2 Å². The number of anilines is 1. The fraction of sp³-hybridized carbons (Fsp3) is 0.381. The van der Waals surface area contributed by atoms with Gasteiger partial charge in [0.2, 0.25) is 0 Å². The third-order valence-corrected chi connectivity index (χ3v) is 5.92. The molecule has 0 bridgehead atoms. The van der Waals surface area contributed by atoms with Crippen LogP contribution in [0, 0.1) is 6.92 Å². The number of nitrogens with zero attached hydrogens (tertiary/aromatic N) is 3. The van der Waals surface area contributed by atoms with Crippen LogP contribution in [0.15, 0.2) is 30.3 Å². The van der Waals surface area contributed by atoms with Crippen molar-refractivity contribution in [3.63, 3.8) is 0 Å². The first kappa shape index (κ1) is 20.5. The Morgan fingerprint density at radius 2 is 2.00 bits per heavy atom. The lowest BCUT2D eigenvalue weighted by molar-refractivity contribution is -0.127. The molecule has 0 aromatic carbocycles. The van der Waals surface area contributed by atoms with E-state index in [2.05, 4.69) is 9.97 Å². The number of carbonyl (C=O) groups is 1. The van der Waals surface area contributed by atoms with Gasteiger partial charge in [-0.2, -0.15) is 0 Å². The van der Waals surface area contributed by atoms with Gasteiger partial charge in [-0.15, -0.1) is 0 Å². The van der Waals surface area contributed by atoms with Crippen molar-refractivity contribution in [3.8, 4) is 11.4 Å². The first-order valence-corrected chi connectivity index (χ1v) is 11.8. The summed E-state index contributed by atoms with van der Waals surface area (Å²) in [4.78, 5) is 26.8. The summed E-state index contributed by atoms with van der Waals surface area (Å²) in [7, 11) is -3.27. The third-order valence-electron chi connectivity index (χ3n) is 5.06. The molecule has 30 heavy (non-hydrogen) atoms. The summed E-state index contributed by atoms with van der Waals surface area (Å²) in [6, 6.07) is 8.96. The quantitative estimate of drug-likeness (QED) is 0.670. The van der Waals surface area contributed by atoms with Crippen molar-refractivity contribution < 1.29 is 17.9 Å². The Hall–Kier alpha value is -2.78. The second-order valence-corrected chi connectivity index (χ2v) is 9.85. The highest BCUT2D eigenvalue weighted by Gasteiger charge is 2.30. The zero-order valence-corrected chi connectivity index (χ0v) is 18.0. The fourth-order valence-corrected chi connectivity index (χ4v) is 4.52. The molecule has 0 aliphatic carbocycles. The number of aromatic amines is 1.